The molecule has 2 N–H and O–H groups in total. The molecule has 6 heteroatoms. The molecular formula is C14H24N2O4. The zero-order valence-electron chi connectivity index (χ0n) is 11.8. The predicted octanol–water partition coefficient (Wildman–Crippen LogP) is 0.611. The van der Waals surface area contributed by atoms with Crippen LogP contribution in [0.3, 0.4) is 0 Å². The first-order chi connectivity index (χ1) is 9.66. The van der Waals surface area contributed by atoms with E-state index in [2.05, 4.69) is 5.32 Å². The zero-order chi connectivity index (χ0) is 14.4. The van der Waals surface area contributed by atoms with Crippen LogP contribution < -0.4 is 5.32 Å². The lowest BCUT2D eigenvalue weighted by atomic mass is 9.95. The lowest BCUT2D eigenvalue weighted by molar-refractivity contribution is -0.150. The third-order valence-electron chi connectivity index (χ3n) is 4.12. The first-order valence-corrected chi connectivity index (χ1v) is 7.51. The molecule has 1 aliphatic carbocycles. The number of nitrogens with zero attached hydrogens (tertiary/aromatic N) is 1. The maximum Gasteiger partial charge on any atom is 0.323 e. The minimum Gasteiger partial charge on any atom is -0.480 e. The molecule has 0 aromatic carbocycles. The van der Waals surface area contributed by atoms with Gasteiger partial charge in [-0.1, -0.05) is 19.3 Å². The summed E-state index contributed by atoms with van der Waals surface area (Å²) in [5.74, 6) is -0.843. The van der Waals surface area contributed by atoms with Gasteiger partial charge in [-0.15, -0.1) is 0 Å². The molecule has 0 spiro atoms. The van der Waals surface area contributed by atoms with Crippen LogP contribution in [0.5, 0.6) is 0 Å². The van der Waals surface area contributed by atoms with Crippen molar-refractivity contribution < 1.29 is 19.4 Å². The summed E-state index contributed by atoms with van der Waals surface area (Å²) in [6, 6.07) is -0.303. The highest BCUT2D eigenvalue weighted by atomic mass is 16.5. The van der Waals surface area contributed by atoms with E-state index in [1.807, 2.05) is 4.90 Å². The van der Waals surface area contributed by atoms with Crippen LogP contribution in [0.1, 0.15) is 38.5 Å². The zero-order valence-corrected chi connectivity index (χ0v) is 11.8. The quantitative estimate of drug-likeness (QED) is 0.773. The molecule has 0 aromatic heterocycles. The maximum atomic E-state index is 11.9. The number of ether oxygens (including phenoxy) is 1. The molecule has 1 atom stereocenters. The van der Waals surface area contributed by atoms with Gasteiger partial charge >= 0.3 is 5.97 Å². The number of nitrogens with one attached hydrogen (secondary N) is 1. The molecule has 1 aliphatic heterocycles. The monoisotopic (exact) mass is 284 g/mol. The van der Waals surface area contributed by atoms with Crippen LogP contribution in [0.15, 0.2) is 0 Å². The third kappa shape index (κ3) is 4.45. The predicted molar refractivity (Wildman–Crippen MR) is 73.4 cm³/mol. The number of morpholine rings is 1. The van der Waals surface area contributed by atoms with E-state index in [-0.39, 0.29) is 12.5 Å². The minimum absolute atomic E-state index is 0.0348. The second kappa shape index (κ2) is 7.59. The van der Waals surface area contributed by atoms with Crippen molar-refractivity contribution >= 4 is 11.9 Å². The molecule has 114 valence electrons. The van der Waals surface area contributed by atoms with Crippen molar-refractivity contribution in [3.63, 3.8) is 0 Å². The summed E-state index contributed by atoms with van der Waals surface area (Å²) >= 11 is 0. The van der Waals surface area contributed by atoms with Gasteiger partial charge in [0.15, 0.2) is 0 Å². The van der Waals surface area contributed by atoms with Gasteiger partial charge in [0.05, 0.1) is 13.2 Å². The summed E-state index contributed by atoms with van der Waals surface area (Å²) in [5, 5.41) is 12.2. The summed E-state index contributed by atoms with van der Waals surface area (Å²) in [5.41, 5.74) is 0. The van der Waals surface area contributed by atoms with Gasteiger partial charge < -0.3 is 15.2 Å². The Morgan fingerprint density at radius 1 is 1.25 bits per heavy atom. The van der Waals surface area contributed by atoms with Crippen LogP contribution in [0.4, 0.5) is 0 Å². The number of rotatable bonds is 5. The van der Waals surface area contributed by atoms with Gasteiger partial charge in [-0.05, 0) is 12.8 Å². The standard InChI is InChI=1S/C14H24N2O4/c17-13(15-11-4-2-1-3-5-11)6-7-16-8-9-20-10-12(16)14(18)19/h11-12H,1-10H2,(H,15,17)(H,18,19). The van der Waals surface area contributed by atoms with Crippen molar-refractivity contribution in [2.24, 2.45) is 0 Å². The molecule has 6 nitrogen and oxygen atoms in total. The highest BCUT2D eigenvalue weighted by Gasteiger charge is 2.29. The number of carboxylic acids is 1. The average molecular weight is 284 g/mol. The van der Waals surface area contributed by atoms with Crippen molar-refractivity contribution in [1.82, 2.24) is 10.2 Å². The molecule has 1 saturated carbocycles. The molecule has 20 heavy (non-hydrogen) atoms. The minimum atomic E-state index is -0.877. The number of hydrogen-bond acceptors (Lipinski definition) is 4. The Morgan fingerprint density at radius 3 is 2.70 bits per heavy atom. The summed E-state index contributed by atoms with van der Waals surface area (Å²) in [4.78, 5) is 24.8. The van der Waals surface area contributed by atoms with E-state index in [0.29, 0.717) is 32.2 Å². The smallest absolute Gasteiger partial charge is 0.323 e. The molecule has 2 aliphatic rings. The van der Waals surface area contributed by atoms with E-state index in [4.69, 9.17) is 9.84 Å². The van der Waals surface area contributed by atoms with Gasteiger partial charge in [0.1, 0.15) is 6.04 Å². The maximum absolute atomic E-state index is 11.9. The highest BCUT2D eigenvalue weighted by molar-refractivity contribution is 5.77. The van der Waals surface area contributed by atoms with E-state index in [9.17, 15) is 9.59 Å². The normalized spacial score (nSPS) is 25.3. The van der Waals surface area contributed by atoms with E-state index in [1.165, 1.54) is 19.3 Å². The first-order valence-electron chi connectivity index (χ1n) is 7.51. The van der Waals surface area contributed by atoms with E-state index >= 15 is 0 Å². The lowest BCUT2D eigenvalue weighted by Crippen LogP contribution is -2.51. The number of carboxylic acid groups (broad SMARTS) is 1. The van der Waals surface area contributed by atoms with Crippen molar-refractivity contribution in [2.45, 2.75) is 50.6 Å². The second-order valence-electron chi connectivity index (χ2n) is 5.62. The summed E-state index contributed by atoms with van der Waals surface area (Å²) in [6.07, 6.45) is 6.15. The fourth-order valence-electron chi connectivity index (χ4n) is 2.93. The average Bonchev–Trinajstić information content (AvgIpc) is 2.46. The lowest BCUT2D eigenvalue weighted by Gasteiger charge is -2.32. The largest absolute Gasteiger partial charge is 0.480 e. The Kier molecular flexibility index (Phi) is 5.79. The Labute approximate surface area is 119 Å². The highest BCUT2D eigenvalue weighted by Crippen LogP contribution is 2.17. The van der Waals surface area contributed by atoms with Gasteiger partial charge in [-0.3, -0.25) is 14.5 Å². The van der Waals surface area contributed by atoms with Crippen LogP contribution in [-0.2, 0) is 14.3 Å². The van der Waals surface area contributed by atoms with Crippen LogP contribution in [-0.4, -0.2) is 60.3 Å². The van der Waals surface area contributed by atoms with Gasteiger partial charge in [-0.2, -0.15) is 0 Å². The molecule has 2 fully saturated rings. The van der Waals surface area contributed by atoms with Crippen molar-refractivity contribution in [3.05, 3.63) is 0 Å². The van der Waals surface area contributed by atoms with Crippen molar-refractivity contribution in [1.29, 1.82) is 0 Å². The number of hydrogen-bond donors (Lipinski definition) is 2. The number of aliphatic carboxylic acids is 1. The van der Waals surface area contributed by atoms with Crippen molar-refractivity contribution in [2.75, 3.05) is 26.3 Å². The Balaban J connectivity index is 1.72. The van der Waals surface area contributed by atoms with Crippen LogP contribution in [0, 0.1) is 0 Å². The fraction of sp³-hybridized carbons (Fsp3) is 0.857. The molecule has 0 aromatic rings. The summed E-state index contributed by atoms with van der Waals surface area (Å²) in [6.45, 7) is 1.81. The van der Waals surface area contributed by atoms with E-state index < -0.39 is 12.0 Å². The van der Waals surface area contributed by atoms with E-state index in [1.54, 1.807) is 0 Å². The topological polar surface area (TPSA) is 78.9 Å². The Hall–Kier alpha value is -1.14. The van der Waals surface area contributed by atoms with Gasteiger partial charge in [0.2, 0.25) is 5.91 Å². The molecule has 1 heterocycles. The fourth-order valence-corrected chi connectivity index (χ4v) is 2.93. The Bertz CT molecular complexity index is 342. The summed E-state index contributed by atoms with van der Waals surface area (Å²) < 4.78 is 5.18. The molecule has 1 saturated heterocycles. The molecule has 0 radical (unpaired) electrons. The Morgan fingerprint density at radius 2 is 2.00 bits per heavy atom. The second-order valence-corrected chi connectivity index (χ2v) is 5.62. The number of amides is 1. The molecule has 2 rings (SSSR count). The molecule has 0 bridgehead atoms. The molecule has 1 unspecified atom stereocenters. The SMILES string of the molecule is O=C(CCN1CCOCC1C(=O)O)NC1CCCCC1. The van der Waals surface area contributed by atoms with Crippen LogP contribution in [0.25, 0.3) is 0 Å². The van der Waals surface area contributed by atoms with Gasteiger partial charge in [-0.25, -0.2) is 0 Å². The van der Waals surface area contributed by atoms with Gasteiger partial charge in [0.25, 0.3) is 0 Å². The van der Waals surface area contributed by atoms with Crippen LogP contribution >= 0.6 is 0 Å². The van der Waals surface area contributed by atoms with Gasteiger partial charge in [0, 0.05) is 25.6 Å². The molecule has 1 amide bonds. The summed E-state index contributed by atoms with van der Waals surface area (Å²) in [7, 11) is 0. The van der Waals surface area contributed by atoms with Crippen molar-refractivity contribution in [3.8, 4) is 0 Å². The number of carbonyl (C=O) groups excluding carboxylic acids is 1. The van der Waals surface area contributed by atoms with E-state index in [0.717, 1.165) is 12.8 Å². The first kappa shape index (κ1) is 15.3. The third-order valence-corrected chi connectivity index (χ3v) is 4.12. The van der Waals surface area contributed by atoms with Crippen LogP contribution in [0.2, 0.25) is 0 Å². The number of carbonyl (C=O) groups is 2. The molecular weight excluding hydrogens is 260 g/mol.